The molecule has 1 heterocycles. The lowest BCUT2D eigenvalue weighted by atomic mass is 9.88. The number of carbonyl (C=O) groups is 2. The van der Waals surface area contributed by atoms with Gasteiger partial charge in [-0.2, -0.15) is 0 Å². The van der Waals surface area contributed by atoms with Crippen LogP contribution in [-0.2, 0) is 0 Å². The summed E-state index contributed by atoms with van der Waals surface area (Å²) >= 11 is 3.43. The molecule has 3 nitrogen and oxygen atoms in total. The molecule has 1 aliphatic rings. The van der Waals surface area contributed by atoms with Gasteiger partial charge in [-0.1, -0.05) is 42.5 Å². The van der Waals surface area contributed by atoms with Gasteiger partial charge in [-0.25, -0.2) is 0 Å². The zero-order valence-electron chi connectivity index (χ0n) is 12.7. The fourth-order valence-corrected chi connectivity index (χ4v) is 3.44. The van der Waals surface area contributed by atoms with E-state index >= 15 is 0 Å². The van der Waals surface area contributed by atoms with E-state index in [4.69, 9.17) is 0 Å². The number of benzene rings is 2. The summed E-state index contributed by atoms with van der Waals surface area (Å²) in [4.78, 5) is 26.9. The van der Waals surface area contributed by atoms with Crippen LogP contribution < -0.4 is 0 Å². The van der Waals surface area contributed by atoms with Crippen LogP contribution in [0.4, 0.5) is 0 Å². The Kier molecular flexibility index (Phi) is 4.91. The first-order chi connectivity index (χ1) is 11.2. The fraction of sp³-hybridized carbons (Fsp3) is 0.263. The molecule has 4 heteroatoms. The Morgan fingerprint density at radius 3 is 2.17 bits per heavy atom. The molecule has 0 unspecified atom stereocenters. The van der Waals surface area contributed by atoms with Crippen LogP contribution in [-0.4, -0.2) is 29.7 Å². The Hall–Kier alpha value is -1.94. The highest BCUT2D eigenvalue weighted by atomic mass is 79.9. The summed E-state index contributed by atoms with van der Waals surface area (Å²) in [6, 6.07) is 16.9. The van der Waals surface area contributed by atoms with E-state index in [0.717, 1.165) is 22.9 Å². The largest absolute Gasteiger partial charge is 0.339 e. The Morgan fingerprint density at radius 2 is 1.52 bits per heavy atom. The van der Waals surface area contributed by atoms with E-state index in [1.54, 1.807) is 0 Å². The summed E-state index contributed by atoms with van der Waals surface area (Å²) in [7, 11) is 0. The predicted molar refractivity (Wildman–Crippen MR) is 93.5 cm³/mol. The van der Waals surface area contributed by atoms with Crippen molar-refractivity contribution in [3.05, 3.63) is 70.2 Å². The molecule has 0 saturated carbocycles. The van der Waals surface area contributed by atoms with Gasteiger partial charge in [0.05, 0.1) is 5.56 Å². The monoisotopic (exact) mass is 371 g/mol. The van der Waals surface area contributed by atoms with Gasteiger partial charge >= 0.3 is 0 Å². The standard InChI is InChI=1S/C19H18BrNO2/c20-17-9-5-4-8-16(17)19(23)21-12-10-15(11-13-21)18(22)14-6-2-1-3-7-14/h1-9,15H,10-13H2. The number of piperidine rings is 1. The second-order valence-corrected chi connectivity index (χ2v) is 6.63. The van der Waals surface area contributed by atoms with Crippen LogP contribution in [0.2, 0.25) is 0 Å². The first-order valence-electron chi connectivity index (χ1n) is 7.80. The zero-order valence-corrected chi connectivity index (χ0v) is 14.3. The Morgan fingerprint density at radius 1 is 0.913 bits per heavy atom. The Balaban J connectivity index is 1.64. The number of hydrogen-bond acceptors (Lipinski definition) is 2. The average Bonchev–Trinajstić information content (AvgIpc) is 2.62. The van der Waals surface area contributed by atoms with E-state index in [2.05, 4.69) is 15.9 Å². The van der Waals surface area contributed by atoms with Crippen LogP contribution >= 0.6 is 15.9 Å². The smallest absolute Gasteiger partial charge is 0.254 e. The summed E-state index contributed by atoms with van der Waals surface area (Å²) in [5, 5.41) is 0. The third-order valence-corrected chi connectivity index (χ3v) is 5.01. The van der Waals surface area contributed by atoms with Gasteiger partial charge in [0.2, 0.25) is 0 Å². The minimum atomic E-state index is 0.0145. The molecular formula is C19H18BrNO2. The minimum Gasteiger partial charge on any atom is -0.339 e. The molecule has 1 aliphatic heterocycles. The van der Waals surface area contributed by atoms with Crippen LogP contribution in [0.1, 0.15) is 33.6 Å². The van der Waals surface area contributed by atoms with E-state index in [0.29, 0.717) is 18.7 Å². The van der Waals surface area contributed by atoms with Crippen molar-refractivity contribution in [2.24, 2.45) is 5.92 Å². The molecule has 0 N–H and O–H groups in total. The molecule has 0 atom stereocenters. The maximum absolute atomic E-state index is 12.6. The lowest BCUT2D eigenvalue weighted by Gasteiger charge is -2.31. The number of amides is 1. The lowest BCUT2D eigenvalue weighted by molar-refractivity contribution is 0.0649. The normalized spacial score (nSPS) is 15.4. The Bertz CT molecular complexity index is 706. The van der Waals surface area contributed by atoms with Gasteiger partial charge in [0.1, 0.15) is 0 Å². The van der Waals surface area contributed by atoms with E-state index in [9.17, 15) is 9.59 Å². The molecular weight excluding hydrogens is 354 g/mol. The molecule has 0 aliphatic carbocycles. The van der Waals surface area contributed by atoms with Crippen LogP contribution in [0, 0.1) is 5.92 Å². The quantitative estimate of drug-likeness (QED) is 0.758. The molecule has 2 aromatic rings. The maximum Gasteiger partial charge on any atom is 0.254 e. The Labute approximate surface area is 144 Å². The highest BCUT2D eigenvalue weighted by Gasteiger charge is 2.28. The van der Waals surface area contributed by atoms with Crippen LogP contribution in [0.3, 0.4) is 0 Å². The average molecular weight is 372 g/mol. The van der Waals surface area contributed by atoms with Gasteiger partial charge in [-0.15, -0.1) is 0 Å². The first kappa shape index (κ1) is 15.9. The number of likely N-dealkylation sites (tertiary alicyclic amines) is 1. The molecule has 0 spiro atoms. The fourth-order valence-electron chi connectivity index (χ4n) is 2.99. The van der Waals surface area contributed by atoms with E-state index in [-0.39, 0.29) is 17.6 Å². The third-order valence-electron chi connectivity index (χ3n) is 4.32. The SMILES string of the molecule is O=C(c1ccccc1)C1CCN(C(=O)c2ccccc2Br)CC1. The number of carbonyl (C=O) groups excluding carboxylic acids is 2. The number of Topliss-reactive ketones (excluding diaryl/α,β-unsaturated/α-hetero) is 1. The van der Waals surface area contributed by atoms with Gasteiger partial charge < -0.3 is 4.90 Å². The van der Waals surface area contributed by atoms with Crippen LogP contribution in [0.25, 0.3) is 0 Å². The highest BCUT2D eigenvalue weighted by molar-refractivity contribution is 9.10. The number of nitrogens with zero attached hydrogens (tertiary/aromatic N) is 1. The van der Waals surface area contributed by atoms with Crippen molar-refractivity contribution >= 4 is 27.6 Å². The van der Waals surface area contributed by atoms with E-state index in [1.165, 1.54) is 0 Å². The topological polar surface area (TPSA) is 37.4 Å². The summed E-state index contributed by atoms with van der Waals surface area (Å²) in [5.74, 6) is 0.238. The van der Waals surface area contributed by atoms with Crippen LogP contribution in [0.15, 0.2) is 59.1 Å². The van der Waals surface area contributed by atoms with Crippen molar-refractivity contribution in [3.63, 3.8) is 0 Å². The van der Waals surface area contributed by atoms with Gasteiger partial charge in [0.25, 0.3) is 5.91 Å². The number of hydrogen-bond donors (Lipinski definition) is 0. The van der Waals surface area contributed by atoms with Gasteiger partial charge in [-0.05, 0) is 40.9 Å². The van der Waals surface area contributed by atoms with Gasteiger partial charge in [0.15, 0.2) is 5.78 Å². The molecule has 118 valence electrons. The minimum absolute atomic E-state index is 0.0145. The van der Waals surface area contributed by atoms with Crippen molar-refractivity contribution in [2.75, 3.05) is 13.1 Å². The van der Waals surface area contributed by atoms with Crippen molar-refractivity contribution in [3.8, 4) is 0 Å². The van der Waals surface area contributed by atoms with Crippen LogP contribution in [0.5, 0.6) is 0 Å². The summed E-state index contributed by atoms with van der Waals surface area (Å²) in [6.07, 6.45) is 1.45. The molecule has 0 radical (unpaired) electrons. The molecule has 0 bridgehead atoms. The number of ketones is 1. The molecule has 23 heavy (non-hydrogen) atoms. The highest BCUT2D eigenvalue weighted by Crippen LogP contribution is 2.25. The lowest BCUT2D eigenvalue weighted by Crippen LogP contribution is -2.40. The van der Waals surface area contributed by atoms with E-state index < -0.39 is 0 Å². The van der Waals surface area contributed by atoms with Crippen molar-refractivity contribution < 1.29 is 9.59 Å². The van der Waals surface area contributed by atoms with Crippen molar-refractivity contribution in [1.82, 2.24) is 4.90 Å². The summed E-state index contributed by atoms with van der Waals surface area (Å²) in [5.41, 5.74) is 1.45. The number of rotatable bonds is 3. The molecule has 1 amide bonds. The summed E-state index contributed by atoms with van der Waals surface area (Å²) in [6.45, 7) is 1.26. The van der Waals surface area contributed by atoms with Gasteiger partial charge in [0, 0.05) is 29.0 Å². The maximum atomic E-state index is 12.6. The van der Waals surface area contributed by atoms with Crippen molar-refractivity contribution in [1.29, 1.82) is 0 Å². The number of halogens is 1. The predicted octanol–water partition coefficient (Wildman–Crippen LogP) is 4.18. The molecule has 1 fully saturated rings. The van der Waals surface area contributed by atoms with Gasteiger partial charge in [-0.3, -0.25) is 9.59 Å². The molecule has 2 aromatic carbocycles. The van der Waals surface area contributed by atoms with E-state index in [1.807, 2.05) is 59.5 Å². The second-order valence-electron chi connectivity index (χ2n) is 5.78. The third kappa shape index (κ3) is 3.53. The first-order valence-corrected chi connectivity index (χ1v) is 8.59. The molecule has 1 saturated heterocycles. The summed E-state index contributed by atoms with van der Waals surface area (Å²) < 4.78 is 0.812. The molecule has 0 aromatic heterocycles. The second kappa shape index (κ2) is 7.09. The van der Waals surface area contributed by atoms with Crippen molar-refractivity contribution in [2.45, 2.75) is 12.8 Å². The zero-order chi connectivity index (χ0) is 16.2. The molecule has 3 rings (SSSR count).